The highest BCUT2D eigenvalue weighted by Gasteiger charge is 2.17. The number of halogens is 1. The summed E-state index contributed by atoms with van der Waals surface area (Å²) in [5.41, 5.74) is 4.01. The van der Waals surface area contributed by atoms with Gasteiger partial charge in [-0.25, -0.2) is 4.39 Å². The fourth-order valence-corrected chi connectivity index (χ4v) is 3.08. The third kappa shape index (κ3) is 2.56. The van der Waals surface area contributed by atoms with Crippen molar-refractivity contribution in [3.63, 3.8) is 0 Å². The molecular formula is C21H16FN2O. The van der Waals surface area contributed by atoms with Crippen molar-refractivity contribution < 1.29 is 9.50 Å². The van der Waals surface area contributed by atoms with Gasteiger partial charge in [-0.3, -0.25) is 4.98 Å². The molecule has 0 amide bonds. The summed E-state index contributed by atoms with van der Waals surface area (Å²) in [6, 6.07) is 16.1. The molecule has 4 aromatic rings. The van der Waals surface area contributed by atoms with E-state index in [0.29, 0.717) is 12.1 Å². The van der Waals surface area contributed by atoms with Gasteiger partial charge in [0.25, 0.3) is 0 Å². The van der Waals surface area contributed by atoms with E-state index < -0.39 is 0 Å². The number of aromatic nitrogens is 2. The molecule has 0 spiro atoms. The quantitative estimate of drug-likeness (QED) is 0.579. The van der Waals surface area contributed by atoms with Crippen LogP contribution in [-0.4, -0.2) is 14.7 Å². The zero-order valence-corrected chi connectivity index (χ0v) is 13.5. The van der Waals surface area contributed by atoms with Gasteiger partial charge in [0.05, 0.1) is 22.8 Å². The summed E-state index contributed by atoms with van der Waals surface area (Å²) in [6.45, 7) is 3.83. The Labute approximate surface area is 145 Å². The molecule has 3 nitrogen and oxygen atoms in total. The fourth-order valence-electron chi connectivity index (χ4n) is 3.08. The summed E-state index contributed by atoms with van der Waals surface area (Å²) in [6.07, 6.45) is 4.07. The molecule has 2 aromatic heterocycles. The van der Waals surface area contributed by atoms with Crippen LogP contribution in [0.5, 0.6) is 5.75 Å². The number of hydrogen-bond acceptors (Lipinski definition) is 2. The second-order valence-corrected chi connectivity index (χ2v) is 5.82. The van der Waals surface area contributed by atoms with Crippen molar-refractivity contribution >= 4 is 10.9 Å². The Bertz CT molecular complexity index is 1040. The first-order valence-corrected chi connectivity index (χ1v) is 8.01. The number of rotatable bonds is 3. The van der Waals surface area contributed by atoms with Crippen molar-refractivity contribution in [3.05, 3.63) is 85.4 Å². The Balaban J connectivity index is 2.05. The lowest BCUT2D eigenvalue weighted by Crippen LogP contribution is -1.94. The predicted molar refractivity (Wildman–Crippen MR) is 97.2 cm³/mol. The van der Waals surface area contributed by atoms with E-state index in [9.17, 15) is 9.50 Å². The summed E-state index contributed by atoms with van der Waals surface area (Å²) < 4.78 is 15.2. The van der Waals surface area contributed by atoms with Crippen molar-refractivity contribution in [1.82, 2.24) is 9.55 Å². The maximum absolute atomic E-state index is 13.3. The second-order valence-electron chi connectivity index (χ2n) is 5.82. The molecule has 123 valence electrons. The lowest BCUT2D eigenvalue weighted by atomic mass is 10.0. The zero-order chi connectivity index (χ0) is 17.4. The second kappa shape index (κ2) is 6.06. The third-order valence-corrected chi connectivity index (χ3v) is 4.32. The SMILES string of the molecule is [CH2]Cc1ncc2c(c(-c3ccccc3)cn2-c2ccc(F)cc2)c1O. The maximum atomic E-state index is 13.3. The molecule has 4 rings (SSSR count). The Kier molecular flexibility index (Phi) is 3.73. The number of nitrogens with zero attached hydrogens (tertiary/aromatic N) is 2. The number of pyridine rings is 1. The smallest absolute Gasteiger partial charge is 0.147 e. The average molecular weight is 331 g/mol. The molecule has 0 aliphatic heterocycles. The zero-order valence-electron chi connectivity index (χ0n) is 13.5. The van der Waals surface area contributed by atoms with Crippen LogP contribution >= 0.6 is 0 Å². The van der Waals surface area contributed by atoms with Crippen LogP contribution in [0.4, 0.5) is 4.39 Å². The van der Waals surface area contributed by atoms with Crippen molar-refractivity contribution in [2.45, 2.75) is 6.42 Å². The van der Waals surface area contributed by atoms with Gasteiger partial charge in [-0.2, -0.15) is 0 Å². The molecule has 0 saturated carbocycles. The summed E-state index contributed by atoms with van der Waals surface area (Å²) in [7, 11) is 0. The Hall–Kier alpha value is -3.14. The van der Waals surface area contributed by atoms with E-state index in [2.05, 4.69) is 11.9 Å². The molecule has 0 aliphatic carbocycles. The first kappa shape index (κ1) is 15.4. The van der Waals surface area contributed by atoms with Crippen LogP contribution < -0.4 is 0 Å². The molecule has 0 unspecified atom stereocenters. The van der Waals surface area contributed by atoms with Crippen molar-refractivity contribution in [1.29, 1.82) is 0 Å². The molecule has 1 N–H and O–H groups in total. The molecule has 2 aromatic carbocycles. The highest BCUT2D eigenvalue weighted by molar-refractivity contribution is 6.01. The van der Waals surface area contributed by atoms with Crippen LogP contribution in [0.1, 0.15) is 5.69 Å². The standard InChI is InChI=1S/C21H16FN2O/c1-2-18-21(25)20-17(14-6-4-3-5-7-14)13-24(19(20)12-23-18)16-10-8-15(22)9-11-16/h3-13,25H,1-2H2. The molecule has 0 fully saturated rings. The van der Waals surface area contributed by atoms with Crippen LogP contribution in [0.3, 0.4) is 0 Å². The fraction of sp³-hybridized carbons (Fsp3) is 0.0476. The first-order chi connectivity index (χ1) is 12.2. The Morgan fingerprint density at radius 1 is 1.04 bits per heavy atom. The van der Waals surface area contributed by atoms with Gasteiger partial charge in [-0.1, -0.05) is 30.3 Å². The molecule has 4 heteroatoms. The van der Waals surface area contributed by atoms with E-state index >= 15 is 0 Å². The minimum Gasteiger partial charge on any atom is -0.505 e. The number of aromatic hydroxyl groups is 1. The van der Waals surface area contributed by atoms with Gasteiger partial charge in [0.15, 0.2) is 0 Å². The highest BCUT2D eigenvalue weighted by atomic mass is 19.1. The monoisotopic (exact) mass is 331 g/mol. The molecule has 1 radical (unpaired) electrons. The van der Waals surface area contributed by atoms with E-state index in [1.54, 1.807) is 18.3 Å². The summed E-state index contributed by atoms with van der Waals surface area (Å²) in [5, 5.41) is 11.4. The highest BCUT2D eigenvalue weighted by Crippen LogP contribution is 2.38. The van der Waals surface area contributed by atoms with Crippen molar-refractivity contribution in [2.24, 2.45) is 0 Å². The summed E-state index contributed by atoms with van der Waals surface area (Å²) in [5.74, 6) is -0.143. The number of fused-ring (bicyclic) bond motifs is 1. The lowest BCUT2D eigenvalue weighted by Gasteiger charge is -2.07. The molecule has 25 heavy (non-hydrogen) atoms. The van der Waals surface area contributed by atoms with Gasteiger partial charge in [-0.15, -0.1) is 0 Å². The van der Waals surface area contributed by atoms with Gasteiger partial charge in [-0.05, 0) is 43.2 Å². The van der Waals surface area contributed by atoms with E-state index in [-0.39, 0.29) is 11.6 Å². The van der Waals surface area contributed by atoms with Crippen molar-refractivity contribution in [3.8, 4) is 22.6 Å². The van der Waals surface area contributed by atoms with Crippen LogP contribution in [0.15, 0.2) is 67.0 Å². The Morgan fingerprint density at radius 2 is 1.76 bits per heavy atom. The minimum absolute atomic E-state index is 0.146. The molecule has 0 aliphatic rings. The van der Waals surface area contributed by atoms with E-state index in [0.717, 1.165) is 27.7 Å². The number of benzene rings is 2. The van der Waals surface area contributed by atoms with Crippen LogP contribution in [0.2, 0.25) is 0 Å². The predicted octanol–water partition coefficient (Wildman–Crippen LogP) is 4.91. The van der Waals surface area contributed by atoms with Gasteiger partial charge in [0.2, 0.25) is 0 Å². The average Bonchev–Trinajstić information content (AvgIpc) is 3.04. The van der Waals surface area contributed by atoms with Gasteiger partial charge in [0, 0.05) is 17.4 Å². The molecule has 0 bridgehead atoms. The first-order valence-electron chi connectivity index (χ1n) is 8.01. The van der Waals surface area contributed by atoms with E-state index in [1.807, 2.05) is 41.1 Å². The molecule has 2 heterocycles. The van der Waals surface area contributed by atoms with Crippen LogP contribution in [0.25, 0.3) is 27.7 Å². The van der Waals surface area contributed by atoms with Crippen LogP contribution in [-0.2, 0) is 6.42 Å². The third-order valence-electron chi connectivity index (χ3n) is 4.32. The van der Waals surface area contributed by atoms with E-state index in [1.165, 1.54) is 12.1 Å². The topological polar surface area (TPSA) is 38.0 Å². The van der Waals surface area contributed by atoms with E-state index in [4.69, 9.17) is 0 Å². The minimum atomic E-state index is -0.288. The van der Waals surface area contributed by atoms with Crippen molar-refractivity contribution in [2.75, 3.05) is 0 Å². The van der Waals surface area contributed by atoms with Gasteiger partial charge in [0.1, 0.15) is 11.6 Å². The molecular weight excluding hydrogens is 315 g/mol. The number of hydrogen-bond donors (Lipinski definition) is 1. The summed E-state index contributed by atoms with van der Waals surface area (Å²) >= 11 is 0. The lowest BCUT2D eigenvalue weighted by molar-refractivity contribution is 0.472. The van der Waals surface area contributed by atoms with Gasteiger partial charge < -0.3 is 9.67 Å². The van der Waals surface area contributed by atoms with Crippen LogP contribution in [0, 0.1) is 12.7 Å². The maximum Gasteiger partial charge on any atom is 0.147 e. The Morgan fingerprint density at radius 3 is 2.44 bits per heavy atom. The normalized spacial score (nSPS) is 11.1. The molecule has 0 atom stereocenters. The molecule has 0 saturated heterocycles. The van der Waals surface area contributed by atoms with Gasteiger partial charge >= 0.3 is 0 Å². The largest absolute Gasteiger partial charge is 0.505 e. The summed E-state index contributed by atoms with van der Waals surface area (Å²) in [4.78, 5) is 4.33.